The Morgan fingerprint density at radius 3 is 1.79 bits per heavy atom. The summed E-state index contributed by atoms with van der Waals surface area (Å²) >= 11 is 1.84. The predicted molar refractivity (Wildman–Crippen MR) is 314 cm³/mol. The molecule has 0 fully saturated rings. The van der Waals surface area contributed by atoms with Gasteiger partial charge in [0.2, 0.25) is 0 Å². The molecule has 7 heteroatoms. The topological polar surface area (TPSA) is 69.9 Å². The normalized spacial score (nSPS) is 11.9. The molecular formula is C69H40N4O2S. The second kappa shape index (κ2) is 16.8. The van der Waals surface area contributed by atoms with Gasteiger partial charge >= 0.3 is 0 Å². The number of hydrogen-bond acceptors (Lipinski definition) is 6. The molecule has 0 aliphatic carbocycles. The van der Waals surface area contributed by atoms with Crippen molar-refractivity contribution >= 4 is 97.2 Å². The summed E-state index contributed by atoms with van der Waals surface area (Å²) in [4.78, 5) is 15.6. The number of nitrogens with zero attached hydrogens (tertiary/aromatic N) is 4. The maximum absolute atomic E-state index is 6.70. The van der Waals surface area contributed by atoms with Gasteiger partial charge in [-0.05, 0) is 107 Å². The van der Waals surface area contributed by atoms with E-state index in [4.69, 9.17) is 23.8 Å². The van der Waals surface area contributed by atoms with Gasteiger partial charge < -0.3 is 13.4 Å². The fraction of sp³-hybridized carbons (Fsp3) is 0. The summed E-state index contributed by atoms with van der Waals surface area (Å²) < 4.78 is 18.2. The average Bonchev–Trinajstić information content (AvgIpc) is 4.26. The Kier molecular flexibility index (Phi) is 9.40. The van der Waals surface area contributed by atoms with E-state index in [2.05, 4.69) is 199 Å². The monoisotopic (exact) mass is 988 g/mol. The fourth-order valence-corrected chi connectivity index (χ4v) is 12.7. The molecule has 0 aliphatic rings. The highest BCUT2D eigenvalue weighted by Crippen LogP contribution is 2.45. The summed E-state index contributed by atoms with van der Waals surface area (Å²) in [5.41, 5.74) is 16.1. The van der Waals surface area contributed by atoms with Crippen molar-refractivity contribution in [2.75, 3.05) is 0 Å². The van der Waals surface area contributed by atoms with Crippen molar-refractivity contribution in [3.63, 3.8) is 0 Å². The van der Waals surface area contributed by atoms with Gasteiger partial charge in [0, 0.05) is 80.4 Å². The van der Waals surface area contributed by atoms with Crippen molar-refractivity contribution in [1.29, 1.82) is 0 Å². The second-order valence-corrected chi connectivity index (χ2v) is 20.5. The standard InChI is InChI=1S/C69H40N4O2S/c1-4-15-41(16-5-1)49-23-12-24-52-51-33-29-46(40-61(51)75-66(49)52)68-70-67(42-17-6-2-7-18-42)71-69(72-68)53-25-13-27-60-64(53)55-37-43(31-35-59(55)74-60)44-32-36-62-56(38-44)65-48(22-14-28-63(65)76-62)45-30-34-58-54(39-45)50-21-10-11-26-57(50)73(58)47-19-8-3-9-20-47/h1-40H. The van der Waals surface area contributed by atoms with E-state index < -0.39 is 0 Å². The van der Waals surface area contributed by atoms with Gasteiger partial charge in [-0.2, -0.15) is 0 Å². The summed E-state index contributed by atoms with van der Waals surface area (Å²) in [6, 6.07) is 85.7. The molecule has 0 bridgehead atoms. The molecule has 11 aromatic carbocycles. The second-order valence-electron chi connectivity index (χ2n) is 19.4. The fourth-order valence-electron chi connectivity index (χ4n) is 11.6. The Morgan fingerprint density at radius 1 is 0.303 bits per heavy atom. The first-order valence-electron chi connectivity index (χ1n) is 25.5. The van der Waals surface area contributed by atoms with Crippen LogP contribution in [0.3, 0.4) is 0 Å². The Bertz CT molecular complexity index is 4990. The molecular weight excluding hydrogens is 949 g/mol. The van der Waals surface area contributed by atoms with E-state index in [9.17, 15) is 0 Å². The average molecular weight is 989 g/mol. The van der Waals surface area contributed by atoms with Crippen LogP contribution in [0.4, 0.5) is 0 Å². The van der Waals surface area contributed by atoms with Gasteiger partial charge in [0.1, 0.15) is 22.3 Å². The molecule has 354 valence electrons. The van der Waals surface area contributed by atoms with E-state index in [1.54, 1.807) is 0 Å². The molecule has 6 nitrogen and oxygen atoms in total. The predicted octanol–water partition coefficient (Wildman–Crippen LogP) is 19.1. The first kappa shape index (κ1) is 42.5. The highest BCUT2D eigenvalue weighted by Gasteiger charge is 2.21. The summed E-state index contributed by atoms with van der Waals surface area (Å²) in [7, 11) is 0. The van der Waals surface area contributed by atoms with E-state index in [1.165, 1.54) is 53.1 Å². The van der Waals surface area contributed by atoms with E-state index in [-0.39, 0.29) is 0 Å². The van der Waals surface area contributed by atoms with Crippen LogP contribution in [0, 0.1) is 0 Å². The van der Waals surface area contributed by atoms with Crippen LogP contribution >= 0.6 is 11.3 Å². The summed E-state index contributed by atoms with van der Waals surface area (Å²) in [5.74, 6) is 1.69. The number of rotatable bonds is 7. The quantitative estimate of drug-likeness (QED) is 0.159. The molecule has 0 unspecified atom stereocenters. The minimum Gasteiger partial charge on any atom is -0.456 e. The van der Waals surface area contributed by atoms with E-state index >= 15 is 0 Å². The van der Waals surface area contributed by atoms with Crippen molar-refractivity contribution in [3.8, 4) is 73.2 Å². The Balaban J connectivity index is 0.824. The van der Waals surface area contributed by atoms with E-state index in [0.717, 1.165) is 88.5 Å². The molecule has 0 aliphatic heterocycles. The van der Waals surface area contributed by atoms with Crippen molar-refractivity contribution in [3.05, 3.63) is 243 Å². The van der Waals surface area contributed by atoms with Crippen molar-refractivity contribution in [2.24, 2.45) is 0 Å². The Hall–Kier alpha value is -9.95. The molecule has 0 amide bonds. The van der Waals surface area contributed by atoms with Crippen LogP contribution in [-0.2, 0) is 0 Å². The van der Waals surface area contributed by atoms with Crippen LogP contribution < -0.4 is 0 Å². The summed E-state index contributed by atoms with van der Waals surface area (Å²) in [6.45, 7) is 0. The number of benzene rings is 11. The highest BCUT2D eigenvalue weighted by molar-refractivity contribution is 7.26. The van der Waals surface area contributed by atoms with Crippen LogP contribution in [0.2, 0.25) is 0 Å². The lowest BCUT2D eigenvalue weighted by Crippen LogP contribution is -2.00. The summed E-state index contributed by atoms with van der Waals surface area (Å²) in [6.07, 6.45) is 0. The number of aromatic nitrogens is 4. The van der Waals surface area contributed by atoms with Crippen molar-refractivity contribution < 1.29 is 8.83 Å². The van der Waals surface area contributed by atoms with Gasteiger partial charge in [-0.1, -0.05) is 164 Å². The number of hydrogen-bond donors (Lipinski definition) is 0. The van der Waals surface area contributed by atoms with Gasteiger partial charge in [-0.25, -0.2) is 15.0 Å². The minimum absolute atomic E-state index is 0.550. The number of fused-ring (bicyclic) bond motifs is 12. The van der Waals surface area contributed by atoms with Gasteiger partial charge in [-0.15, -0.1) is 11.3 Å². The lowest BCUT2D eigenvalue weighted by Gasteiger charge is -2.10. The van der Waals surface area contributed by atoms with Crippen LogP contribution in [0.15, 0.2) is 251 Å². The molecule has 0 saturated heterocycles. The molecule has 5 heterocycles. The SMILES string of the molecule is c1ccc(-c2nc(-c3ccc4c(c3)oc3c(-c5ccccc5)cccc34)nc(-c3cccc4oc5ccc(-c6ccc7sc8cccc(-c9ccc%10c(c9)c9ccccc9n%10-c9ccccc9)c8c7c6)cc5c34)n2)cc1. The lowest BCUT2D eigenvalue weighted by molar-refractivity contribution is 0.669. The molecule has 0 N–H and O–H groups in total. The summed E-state index contributed by atoms with van der Waals surface area (Å²) in [5, 5.41) is 9.02. The molecule has 76 heavy (non-hydrogen) atoms. The van der Waals surface area contributed by atoms with Gasteiger partial charge in [0.25, 0.3) is 0 Å². The molecule has 16 aromatic rings. The van der Waals surface area contributed by atoms with Gasteiger partial charge in [-0.3, -0.25) is 0 Å². The molecule has 0 spiro atoms. The molecule has 0 saturated carbocycles. The highest BCUT2D eigenvalue weighted by atomic mass is 32.1. The Labute approximate surface area is 439 Å². The van der Waals surface area contributed by atoms with Crippen LogP contribution in [0.5, 0.6) is 0 Å². The zero-order chi connectivity index (χ0) is 49.8. The molecule has 16 rings (SSSR count). The first-order chi connectivity index (χ1) is 37.6. The van der Waals surface area contributed by atoms with Crippen LogP contribution in [-0.4, -0.2) is 19.5 Å². The molecule has 5 aromatic heterocycles. The van der Waals surface area contributed by atoms with Crippen LogP contribution in [0.25, 0.3) is 159 Å². The number of furan rings is 2. The Morgan fingerprint density at radius 2 is 0.934 bits per heavy atom. The molecule has 0 radical (unpaired) electrons. The van der Waals surface area contributed by atoms with Crippen molar-refractivity contribution in [2.45, 2.75) is 0 Å². The van der Waals surface area contributed by atoms with Crippen molar-refractivity contribution in [1.82, 2.24) is 19.5 Å². The molecule has 0 atom stereocenters. The van der Waals surface area contributed by atoms with Gasteiger partial charge in [0.05, 0.1) is 11.0 Å². The smallest absolute Gasteiger partial charge is 0.164 e. The third-order valence-electron chi connectivity index (χ3n) is 15.1. The largest absolute Gasteiger partial charge is 0.456 e. The van der Waals surface area contributed by atoms with Gasteiger partial charge in [0.15, 0.2) is 17.5 Å². The minimum atomic E-state index is 0.550. The zero-order valence-electron chi connectivity index (χ0n) is 40.6. The maximum Gasteiger partial charge on any atom is 0.164 e. The number of thiophene rings is 1. The lowest BCUT2D eigenvalue weighted by atomic mass is 9.96. The third kappa shape index (κ3) is 6.69. The maximum atomic E-state index is 6.70. The third-order valence-corrected chi connectivity index (χ3v) is 16.2. The first-order valence-corrected chi connectivity index (χ1v) is 26.3. The van der Waals surface area contributed by atoms with E-state index in [0.29, 0.717) is 17.5 Å². The van der Waals surface area contributed by atoms with Crippen LogP contribution in [0.1, 0.15) is 0 Å². The van der Waals surface area contributed by atoms with E-state index in [1.807, 2.05) is 59.9 Å². The number of para-hydroxylation sites is 3. The zero-order valence-corrected chi connectivity index (χ0v) is 41.4.